The Labute approximate surface area is 157 Å². The Morgan fingerprint density at radius 3 is 2.33 bits per heavy atom. The fourth-order valence-electron chi connectivity index (χ4n) is 2.96. The van der Waals surface area contributed by atoms with Gasteiger partial charge in [-0.15, -0.1) is 0 Å². The van der Waals surface area contributed by atoms with Crippen LogP contribution in [0.15, 0.2) is 66.7 Å². The third-order valence-corrected chi connectivity index (χ3v) is 4.35. The molecule has 0 heterocycles. The van der Waals surface area contributed by atoms with E-state index in [4.69, 9.17) is 0 Å². The Morgan fingerprint density at radius 2 is 1.48 bits per heavy atom. The molecule has 0 radical (unpaired) electrons. The fourth-order valence-corrected chi connectivity index (χ4v) is 2.96. The van der Waals surface area contributed by atoms with E-state index < -0.39 is 0 Å². The zero-order valence-electron chi connectivity index (χ0n) is 14.9. The molecule has 0 aliphatic rings. The first-order valence-electron chi connectivity index (χ1n) is 8.87. The third kappa shape index (κ3) is 5.14. The molecule has 4 nitrogen and oxygen atoms in total. The van der Waals surface area contributed by atoms with Crippen molar-refractivity contribution in [1.29, 1.82) is 0 Å². The summed E-state index contributed by atoms with van der Waals surface area (Å²) in [5, 5.41) is 7.43. The Kier molecular flexibility index (Phi) is 6.15. The summed E-state index contributed by atoms with van der Waals surface area (Å²) < 4.78 is 13.5. The number of fused-ring (bicyclic) bond motifs is 1. The minimum Gasteiger partial charge on any atom is -0.354 e. The lowest BCUT2D eigenvalue weighted by Gasteiger charge is -2.09. The van der Waals surface area contributed by atoms with Gasteiger partial charge >= 0.3 is 0 Å². The van der Waals surface area contributed by atoms with Gasteiger partial charge in [0.15, 0.2) is 0 Å². The first kappa shape index (κ1) is 18.6. The number of hydrogen-bond acceptors (Lipinski definition) is 2. The van der Waals surface area contributed by atoms with Crippen LogP contribution in [-0.2, 0) is 22.4 Å². The van der Waals surface area contributed by atoms with Gasteiger partial charge in [-0.2, -0.15) is 0 Å². The quantitative estimate of drug-likeness (QED) is 0.677. The first-order valence-corrected chi connectivity index (χ1v) is 8.87. The summed E-state index contributed by atoms with van der Waals surface area (Å²) in [5.41, 5.74) is 1.48. The second-order valence-corrected chi connectivity index (χ2v) is 6.28. The van der Waals surface area contributed by atoms with Gasteiger partial charge in [0.25, 0.3) is 0 Å². The SMILES string of the molecule is O=C(CNC(=O)Cc1cccc2ccccc12)NCCc1ccccc1F. The van der Waals surface area contributed by atoms with Crippen molar-refractivity contribution in [3.63, 3.8) is 0 Å². The second-order valence-electron chi connectivity index (χ2n) is 6.28. The average molecular weight is 364 g/mol. The normalized spacial score (nSPS) is 10.6. The highest BCUT2D eigenvalue weighted by Gasteiger charge is 2.09. The van der Waals surface area contributed by atoms with Crippen LogP contribution in [0.3, 0.4) is 0 Å². The summed E-state index contributed by atoms with van der Waals surface area (Å²) in [4.78, 5) is 24.0. The van der Waals surface area contributed by atoms with Gasteiger partial charge in [-0.1, -0.05) is 60.7 Å². The van der Waals surface area contributed by atoms with E-state index >= 15 is 0 Å². The van der Waals surface area contributed by atoms with Gasteiger partial charge in [0.1, 0.15) is 5.82 Å². The molecule has 2 N–H and O–H groups in total. The van der Waals surface area contributed by atoms with Crippen molar-refractivity contribution in [2.24, 2.45) is 0 Å². The van der Waals surface area contributed by atoms with Crippen LogP contribution in [0.1, 0.15) is 11.1 Å². The van der Waals surface area contributed by atoms with Crippen LogP contribution in [0.5, 0.6) is 0 Å². The molecule has 0 saturated heterocycles. The summed E-state index contributed by atoms with van der Waals surface area (Å²) in [5.74, 6) is -0.789. The summed E-state index contributed by atoms with van der Waals surface area (Å²) in [6.07, 6.45) is 0.617. The molecule has 0 bridgehead atoms. The van der Waals surface area contributed by atoms with Crippen LogP contribution in [0, 0.1) is 5.82 Å². The molecule has 27 heavy (non-hydrogen) atoms. The van der Waals surface area contributed by atoms with Gasteiger partial charge in [-0.05, 0) is 34.4 Å². The second kappa shape index (κ2) is 8.94. The predicted octanol–water partition coefficient (Wildman–Crippen LogP) is 3.00. The predicted molar refractivity (Wildman–Crippen MR) is 104 cm³/mol. The van der Waals surface area contributed by atoms with E-state index in [9.17, 15) is 14.0 Å². The number of amides is 2. The summed E-state index contributed by atoms with van der Waals surface area (Å²) >= 11 is 0. The number of carbonyl (C=O) groups is 2. The molecule has 0 aromatic heterocycles. The molecule has 2 amide bonds. The zero-order chi connectivity index (χ0) is 19.1. The number of carbonyl (C=O) groups excluding carboxylic acids is 2. The van der Waals surface area contributed by atoms with Gasteiger partial charge in [0.05, 0.1) is 13.0 Å². The topological polar surface area (TPSA) is 58.2 Å². The van der Waals surface area contributed by atoms with E-state index in [1.54, 1.807) is 18.2 Å². The molecular formula is C22H21FN2O2. The molecule has 0 spiro atoms. The molecule has 3 aromatic rings. The maximum absolute atomic E-state index is 13.5. The lowest BCUT2D eigenvalue weighted by Crippen LogP contribution is -2.38. The standard InChI is InChI=1S/C22H21FN2O2/c23-20-11-4-2-7-17(20)12-13-24-22(27)15-25-21(26)14-18-9-5-8-16-6-1-3-10-19(16)18/h1-11H,12-15H2,(H,24,27)(H,25,26). The molecule has 0 aliphatic carbocycles. The van der Waals surface area contributed by atoms with Crippen LogP contribution >= 0.6 is 0 Å². The Hall–Kier alpha value is -3.21. The van der Waals surface area contributed by atoms with Crippen LogP contribution in [0.2, 0.25) is 0 Å². The van der Waals surface area contributed by atoms with Gasteiger partial charge in [0, 0.05) is 6.54 Å². The number of halogens is 1. The van der Waals surface area contributed by atoms with E-state index in [2.05, 4.69) is 10.6 Å². The van der Waals surface area contributed by atoms with Gasteiger partial charge in [0.2, 0.25) is 11.8 Å². The average Bonchev–Trinajstić information content (AvgIpc) is 2.68. The lowest BCUT2D eigenvalue weighted by atomic mass is 10.0. The van der Waals surface area contributed by atoms with Crippen molar-refractivity contribution in [1.82, 2.24) is 10.6 Å². The molecule has 5 heteroatoms. The van der Waals surface area contributed by atoms with Crippen molar-refractivity contribution in [2.75, 3.05) is 13.1 Å². The van der Waals surface area contributed by atoms with E-state index in [1.165, 1.54) is 6.07 Å². The summed E-state index contributed by atoms with van der Waals surface area (Å²) in [6.45, 7) is 0.222. The molecule has 0 aliphatic heterocycles. The minimum absolute atomic E-state index is 0.0964. The van der Waals surface area contributed by atoms with Crippen LogP contribution < -0.4 is 10.6 Å². The maximum atomic E-state index is 13.5. The summed E-state index contributed by atoms with van der Waals surface area (Å²) in [6, 6.07) is 20.2. The van der Waals surface area contributed by atoms with E-state index in [0.29, 0.717) is 18.5 Å². The zero-order valence-corrected chi connectivity index (χ0v) is 14.9. The molecule has 3 aromatic carbocycles. The van der Waals surface area contributed by atoms with Gasteiger partial charge in [-0.25, -0.2) is 4.39 Å². The van der Waals surface area contributed by atoms with Crippen molar-refractivity contribution < 1.29 is 14.0 Å². The lowest BCUT2D eigenvalue weighted by molar-refractivity contribution is -0.125. The molecule has 3 rings (SSSR count). The van der Waals surface area contributed by atoms with Crippen LogP contribution in [0.4, 0.5) is 4.39 Å². The van der Waals surface area contributed by atoms with Crippen molar-refractivity contribution >= 4 is 22.6 Å². The maximum Gasteiger partial charge on any atom is 0.239 e. The highest BCUT2D eigenvalue weighted by atomic mass is 19.1. The molecular weight excluding hydrogens is 343 g/mol. The number of hydrogen-bond donors (Lipinski definition) is 2. The van der Waals surface area contributed by atoms with E-state index in [-0.39, 0.29) is 30.6 Å². The number of nitrogens with one attached hydrogen (secondary N) is 2. The smallest absolute Gasteiger partial charge is 0.239 e. The highest BCUT2D eigenvalue weighted by Crippen LogP contribution is 2.18. The molecule has 0 saturated carbocycles. The number of benzene rings is 3. The Bertz CT molecular complexity index is 950. The minimum atomic E-state index is -0.294. The fraction of sp³-hybridized carbons (Fsp3) is 0.182. The van der Waals surface area contributed by atoms with Crippen molar-refractivity contribution in [2.45, 2.75) is 12.8 Å². The molecule has 0 fully saturated rings. The monoisotopic (exact) mass is 364 g/mol. The molecule has 0 atom stereocenters. The first-order chi connectivity index (χ1) is 13.1. The Balaban J connectivity index is 1.44. The van der Waals surface area contributed by atoms with E-state index in [1.807, 2.05) is 42.5 Å². The summed E-state index contributed by atoms with van der Waals surface area (Å²) in [7, 11) is 0. The third-order valence-electron chi connectivity index (χ3n) is 4.35. The molecule has 0 unspecified atom stereocenters. The van der Waals surface area contributed by atoms with Gasteiger partial charge < -0.3 is 10.6 Å². The van der Waals surface area contributed by atoms with E-state index in [0.717, 1.165) is 16.3 Å². The number of rotatable bonds is 7. The van der Waals surface area contributed by atoms with Gasteiger partial charge in [-0.3, -0.25) is 9.59 Å². The largest absolute Gasteiger partial charge is 0.354 e. The van der Waals surface area contributed by atoms with Crippen LogP contribution in [-0.4, -0.2) is 24.9 Å². The van der Waals surface area contributed by atoms with Crippen molar-refractivity contribution in [3.8, 4) is 0 Å². The highest BCUT2D eigenvalue weighted by molar-refractivity contribution is 5.91. The van der Waals surface area contributed by atoms with Crippen LogP contribution in [0.25, 0.3) is 10.8 Å². The Morgan fingerprint density at radius 1 is 0.778 bits per heavy atom. The molecule has 138 valence electrons. The van der Waals surface area contributed by atoms with Crippen molar-refractivity contribution in [3.05, 3.63) is 83.7 Å².